The molecule has 2 aromatic rings. The molecule has 26 heavy (non-hydrogen) atoms. The number of nitrogens with zero attached hydrogens (tertiary/aromatic N) is 1. The zero-order valence-electron chi connectivity index (χ0n) is 14.4. The normalized spacial score (nSPS) is 17.9. The Kier molecular flexibility index (Phi) is 6.22. The van der Waals surface area contributed by atoms with Crippen LogP contribution in [0.2, 0.25) is 5.02 Å². The Morgan fingerprint density at radius 1 is 1.19 bits per heavy atom. The van der Waals surface area contributed by atoms with Gasteiger partial charge in [0.25, 0.3) is 0 Å². The van der Waals surface area contributed by atoms with Crippen LogP contribution in [0.4, 0.5) is 8.78 Å². The van der Waals surface area contributed by atoms with Crippen LogP contribution in [0.25, 0.3) is 0 Å². The first-order chi connectivity index (χ1) is 12.5. The Hall–Kier alpha value is -1.98. The van der Waals surface area contributed by atoms with Crippen LogP contribution >= 0.6 is 11.6 Å². The summed E-state index contributed by atoms with van der Waals surface area (Å²) in [5, 5.41) is 3.66. The van der Waals surface area contributed by atoms with E-state index < -0.39 is 11.6 Å². The smallest absolute Gasteiger partial charge is 0.224 e. The van der Waals surface area contributed by atoms with Gasteiger partial charge < -0.3 is 5.32 Å². The Labute approximate surface area is 157 Å². The third-order valence-corrected chi connectivity index (χ3v) is 4.82. The van der Waals surface area contributed by atoms with Gasteiger partial charge in [-0.3, -0.25) is 9.69 Å². The predicted octanol–water partition coefficient (Wildman–Crippen LogP) is 3.94. The Bertz CT molecular complexity index is 767. The third kappa shape index (κ3) is 5.02. The SMILES string of the molecule is O=C(Cc1cccc(F)c1F)N[C@H]1CCCN(Cc2ccc(Cl)cc2)C1. The maximum absolute atomic E-state index is 13.7. The minimum atomic E-state index is -0.948. The lowest BCUT2D eigenvalue weighted by Gasteiger charge is -2.33. The molecule has 3 rings (SSSR count). The van der Waals surface area contributed by atoms with E-state index in [2.05, 4.69) is 10.2 Å². The van der Waals surface area contributed by atoms with Crippen molar-refractivity contribution in [1.82, 2.24) is 10.2 Å². The van der Waals surface area contributed by atoms with Gasteiger partial charge in [0, 0.05) is 29.7 Å². The van der Waals surface area contributed by atoms with Crippen molar-refractivity contribution in [3.63, 3.8) is 0 Å². The summed E-state index contributed by atoms with van der Waals surface area (Å²) in [6.45, 7) is 2.50. The van der Waals surface area contributed by atoms with E-state index in [0.717, 1.165) is 38.5 Å². The number of piperidine rings is 1. The Balaban J connectivity index is 1.53. The second-order valence-electron chi connectivity index (χ2n) is 6.66. The molecule has 0 aliphatic carbocycles. The standard InChI is InChI=1S/C20H21ClF2N2O/c21-16-8-6-14(7-9-16)12-25-10-2-4-17(13-25)24-19(26)11-15-3-1-5-18(22)20(15)23/h1,3,5-9,17H,2,4,10-13H2,(H,24,26)/t17-/m0/s1. The molecule has 1 aliphatic rings. The molecule has 1 heterocycles. The maximum Gasteiger partial charge on any atom is 0.224 e. The first-order valence-corrected chi connectivity index (χ1v) is 9.08. The lowest BCUT2D eigenvalue weighted by atomic mass is 10.0. The molecule has 2 aromatic carbocycles. The number of benzene rings is 2. The van der Waals surface area contributed by atoms with Crippen molar-refractivity contribution in [3.05, 3.63) is 70.2 Å². The topological polar surface area (TPSA) is 32.3 Å². The van der Waals surface area contributed by atoms with Crippen LogP contribution in [0.3, 0.4) is 0 Å². The summed E-state index contributed by atoms with van der Waals surface area (Å²) in [6.07, 6.45) is 1.71. The number of halogens is 3. The molecule has 1 aliphatic heterocycles. The molecule has 0 radical (unpaired) electrons. The molecule has 0 saturated carbocycles. The molecule has 0 aromatic heterocycles. The average Bonchev–Trinajstić information content (AvgIpc) is 2.61. The van der Waals surface area contributed by atoms with Crippen molar-refractivity contribution in [2.75, 3.05) is 13.1 Å². The van der Waals surface area contributed by atoms with Crippen molar-refractivity contribution in [1.29, 1.82) is 0 Å². The Morgan fingerprint density at radius 2 is 1.96 bits per heavy atom. The molecule has 1 fully saturated rings. The van der Waals surface area contributed by atoms with Crippen LogP contribution in [0.5, 0.6) is 0 Å². The quantitative estimate of drug-likeness (QED) is 0.854. The summed E-state index contributed by atoms with van der Waals surface area (Å²) in [4.78, 5) is 14.5. The highest BCUT2D eigenvalue weighted by Gasteiger charge is 2.22. The fraction of sp³-hybridized carbons (Fsp3) is 0.350. The lowest BCUT2D eigenvalue weighted by molar-refractivity contribution is -0.121. The number of amides is 1. The van der Waals surface area contributed by atoms with Gasteiger partial charge in [0.1, 0.15) is 0 Å². The summed E-state index contributed by atoms with van der Waals surface area (Å²) in [7, 11) is 0. The lowest BCUT2D eigenvalue weighted by Crippen LogP contribution is -2.47. The summed E-state index contributed by atoms with van der Waals surface area (Å²) in [5.41, 5.74) is 1.25. The van der Waals surface area contributed by atoms with Crippen LogP contribution in [0, 0.1) is 11.6 Å². The van der Waals surface area contributed by atoms with Gasteiger partial charge in [-0.05, 0) is 43.1 Å². The van der Waals surface area contributed by atoms with E-state index in [-0.39, 0.29) is 23.9 Å². The predicted molar refractivity (Wildman–Crippen MR) is 98.0 cm³/mol. The highest BCUT2D eigenvalue weighted by Crippen LogP contribution is 2.17. The van der Waals surface area contributed by atoms with Crippen LogP contribution < -0.4 is 5.32 Å². The highest BCUT2D eigenvalue weighted by atomic mass is 35.5. The molecule has 1 atom stereocenters. The van der Waals surface area contributed by atoms with E-state index in [4.69, 9.17) is 11.6 Å². The molecule has 6 heteroatoms. The van der Waals surface area contributed by atoms with E-state index in [1.807, 2.05) is 24.3 Å². The van der Waals surface area contributed by atoms with Crippen molar-refractivity contribution in [2.24, 2.45) is 0 Å². The van der Waals surface area contributed by atoms with Crippen LogP contribution in [-0.2, 0) is 17.8 Å². The van der Waals surface area contributed by atoms with E-state index >= 15 is 0 Å². The van der Waals surface area contributed by atoms with Gasteiger partial charge in [-0.15, -0.1) is 0 Å². The molecule has 1 saturated heterocycles. The Morgan fingerprint density at radius 3 is 2.73 bits per heavy atom. The zero-order chi connectivity index (χ0) is 18.5. The van der Waals surface area contributed by atoms with Crippen LogP contribution in [0.15, 0.2) is 42.5 Å². The molecule has 3 nitrogen and oxygen atoms in total. The molecular formula is C20H21ClF2N2O. The van der Waals surface area contributed by atoms with E-state index in [1.54, 1.807) is 0 Å². The van der Waals surface area contributed by atoms with Crippen LogP contribution in [0.1, 0.15) is 24.0 Å². The average molecular weight is 379 g/mol. The van der Waals surface area contributed by atoms with Gasteiger partial charge in [0.2, 0.25) is 5.91 Å². The zero-order valence-corrected chi connectivity index (χ0v) is 15.1. The van der Waals surface area contributed by atoms with Gasteiger partial charge in [0.05, 0.1) is 6.42 Å². The second-order valence-corrected chi connectivity index (χ2v) is 7.09. The van der Waals surface area contributed by atoms with Crippen molar-refractivity contribution >= 4 is 17.5 Å². The fourth-order valence-corrected chi connectivity index (χ4v) is 3.43. The minimum absolute atomic E-state index is 0.0140. The number of rotatable bonds is 5. The highest BCUT2D eigenvalue weighted by molar-refractivity contribution is 6.30. The molecule has 1 N–H and O–H groups in total. The van der Waals surface area contributed by atoms with Crippen LogP contribution in [-0.4, -0.2) is 29.9 Å². The first-order valence-electron chi connectivity index (χ1n) is 8.70. The molecule has 0 spiro atoms. The molecule has 0 unspecified atom stereocenters. The summed E-state index contributed by atoms with van der Waals surface area (Å²) in [6, 6.07) is 11.6. The number of hydrogen-bond acceptors (Lipinski definition) is 2. The minimum Gasteiger partial charge on any atom is -0.352 e. The summed E-state index contributed by atoms with van der Waals surface area (Å²) >= 11 is 5.91. The van der Waals surface area contributed by atoms with Crippen molar-refractivity contribution in [3.8, 4) is 0 Å². The van der Waals surface area contributed by atoms with Crippen molar-refractivity contribution in [2.45, 2.75) is 31.8 Å². The second kappa shape index (κ2) is 8.60. The molecule has 138 valence electrons. The number of hydrogen-bond donors (Lipinski definition) is 1. The number of carbonyl (C=O) groups is 1. The molecule has 0 bridgehead atoms. The fourth-order valence-electron chi connectivity index (χ4n) is 3.30. The summed E-state index contributed by atoms with van der Waals surface area (Å²) in [5.74, 6) is -2.16. The van der Waals surface area contributed by atoms with Gasteiger partial charge in [0.15, 0.2) is 11.6 Å². The number of nitrogens with one attached hydrogen (secondary N) is 1. The van der Waals surface area contributed by atoms with Crippen molar-refractivity contribution < 1.29 is 13.6 Å². The maximum atomic E-state index is 13.7. The number of likely N-dealkylation sites (tertiary alicyclic amines) is 1. The first kappa shape index (κ1) is 18.8. The van der Waals surface area contributed by atoms with Gasteiger partial charge in [-0.25, -0.2) is 8.78 Å². The number of carbonyl (C=O) groups excluding carboxylic acids is 1. The van der Waals surface area contributed by atoms with Gasteiger partial charge in [-0.1, -0.05) is 35.9 Å². The van der Waals surface area contributed by atoms with E-state index in [9.17, 15) is 13.6 Å². The van der Waals surface area contributed by atoms with Gasteiger partial charge in [-0.2, -0.15) is 0 Å². The van der Waals surface area contributed by atoms with E-state index in [1.165, 1.54) is 17.7 Å². The largest absolute Gasteiger partial charge is 0.352 e. The molecule has 1 amide bonds. The molecular weight excluding hydrogens is 358 g/mol. The summed E-state index contributed by atoms with van der Waals surface area (Å²) < 4.78 is 27.0. The van der Waals surface area contributed by atoms with Gasteiger partial charge >= 0.3 is 0 Å². The third-order valence-electron chi connectivity index (χ3n) is 4.57. The monoisotopic (exact) mass is 378 g/mol. The van der Waals surface area contributed by atoms with E-state index in [0.29, 0.717) is 5.02 Å².